The zero-order valence-electron chi connectivity index (χ0n) is 13.4. The molecule has 21 heavy (non-hydrogen) atoms. The molecule has 0 bridgehead atoms. The number of nitrogens with zero attached hydrogens (tertiary/aromatic N) is 1. The second-order valence-electron chi connectivity index (χ2n) is 5.86. The fourth-order valence-electron chi connectivity index (χ4n) is 3.08. The molecule has 2 unspecified atom stereocenters. The van der Waals surface area contributed by atoms with E-state index in [9.17, 15) is 4.39 Å². The minimum Gasteiger partial charge on any atom is -0.494 e. The first-order valence-electron chi connectivity index (χ1n) is 7.96. The van der Waals surface area contributed by atoms with E-state index in [0.717, 1.165) is 31.6 Å². The van der Waals surface area contributed by atoms with Gasteiger partial charge in [-0.1, -0.05) is 13.0 Å². The van der Waals surface area contributed by atoms with Crippen molar-refractivity contribution in [3.63, 3.8) is 0 Å². The van der Waals surface area contributed by atoms with Gasteiger partial charge >= 0.3 is 0 Å². The minimum atomic E-state index is -0.280. The number of halogens is 1. The van der Waals surface area contributed by atoms with E-state index in [-0.39, 0.29) is 11.9 Å². The van der Waals surface area contributed by atoms with Crippen molar-refractivity contribution < 1.29 is 9.13 Å². The summed E-state index contributed by atoms with van der Waals surface area (Å²) in [5.74, 6) is 0.0303. The second kappa shape index (κ2) is 7.76. The van der Waals surface area contributed by atoms with Crippen LogP contribution < -0.4 is 10.1 Å². The first kappa shape index (κ1) is 16.2. The molecule has 0 amide bonds. The van der Waals surface area contributed by atoms with Gasteiger partial charge in [0.2, 0.25) is 0 Å². The molecule has 1 saturated heterocycles. The molecule has 0 saturated carbocycles. The summed E-state index contributed by atoms with van der Waals surface area (Å²) in [6, 6.07) is 6.08. The van der Waals surface area contributed by atoms with Crippen LogP contribution in [0.3, 0.4) is 0 Å². The van der Waals surface area contributed by atoms with Gasteiger partial charge < -0.3 is 10.1 Å². The molecule has 1 aliphatic rings. The van der Waals surface area contributed by atoms with Crippen LogP contribution in [0, 0.1) is 5.82 Å². The van der Waals surface area contributed by atoms with Crippen molar-refractivity contribution in [3.05, 3.63) is 29.6 Å². The van der Waals surface area contributed by atoms with E-state index in [4.69, 9.17) is 4.74 Å². The maximum atomic E-state index is 13.9. The van der Waals surface area contributed by atoms with Gasteiger partial charge in [-0.05, 0) is 57.0 Å². The molecule has 118 valence electrons. The zero-order chi connectivity index (χ0) is 15.2. The Labute approximate surface area is 127 Å². The summed E-state index contributed by atoms with van der Waals surface area (Å²) in [6.45, 7) is 7.54. The number of methoxy groups -OCH3 is 1. The normalized spacial score (nSPS) is 20.0. The zero-order valence-corrected chi connectivity index (χ0v) is 13.4. The van der Waals surface area contributed by atoms with Gasteiger partial charge in [-0.25, -0.2) is 4.39 Å². The van der Waals surface area contributed by atoms with E-state index in [2.05, 4.69) is 24.1 Å². The van der Waals surface area contributed by atoms with Crippen LogP contribution in [0.1, 0.15) is 44.7 Å². The number of hydrogen-bond acceptors (Lipinski definition) is 3. The van der Waals surface area contributed by atoms with E-state index in [0.29, 0.717) is 11.8 Å². The van der Waals surface area contributed by atoms with Crippen LogP contribution in [0.25, 0.3) is 0 Å². The van der Waals surface area contributed by atoms with E-state index in [1.807, 2.05) is 6.07 Å². The van der Waals surface area contributed by atoms with Gasteiger partial charge in [0.05, 0.1) is 7.11 Å². The lowest BCUT2D eigenvalue weighted by Crippen LogP contribution is -2.39. The molecule has 1 N–H and O–H groups in total. The van der Waals surface area contributed by atoms with E-state index < -0.39 is 0 Å². The van der Waals surface area contributed by atoms with Crippen molar-refractivity contribution >= 4 is 0 Å². The lowest BCUT2D eigenvalue weighted by molar-refractivity contribution is 0.192. The van der Waals surface area contributed by atoms with Crippen LogP contribution in [0.2, 0.25) is 0 Å². The van der Waals surface area contributed by atoms with Crippen LogP contribution in [-0.4, -0.2) is 37.7 Å². The van der Waals surface area contributed by atoms with Crippen molar-refractivity contribution in [3.8, 4) is 5.75 Å². The molecule has 0 radical (unpaired) electrons. The Morgan fingerprint density at radius 1 is 1.48 bits per heavy atom. The molecule has 1 aliphatic heterocycles. The van der Waals surface area contributed by atoms with Gasteiger partial charge in [-0.2, -0.15) is 0 Å². The Balaban J connectivity index is 2.08. The molecule has 1 heterocycles. The van der Waals surface area contributed by atoms with Crippen LogP contribution in [0.5, 0.6) is 5.75 Å². The fourth-order valence-corrected chi connectivity index (χ4v) is 3.08. The highest BCUT2D eigenvalue weighted by Crippen LogP contribution is 2.26. The Kier molecular flexibility index (Phi) is 6.00. The number of benzene rings is 1. The summed E-state index contributed by atoms with van der Waals surface area (Å²) in [7, 11) is 1.50. The number of ether oxygens (including phenoxy) is 1. The quantitative estimate of drug-likeness (QED) is 0.834. The summed E-state index contributed by atoms with van der Waals surface area (Å²) in [5.41, 5.74) is 1.01. The van der Waals surface area contributed by atoms with Gasteiger partial charge in [0, 0.05) is 18.6 Å². The fraction of sp³-hybridized carbons (Fsp3) is 0.647. The van der Waals surface area contributed by atoms with E-state index >= 15 is 0 Å². The third kappa shape index (κ3) is 4.17. The summed E-state index contributed by atoms with van der Waals surface area (Å²) in [4.78, 5) is 2.45. The lowest BCUT2D eigenvalue weighted by atomic mass is 10.0. The molecule has 4 heteroatoms. The van der Waals surface area contributed by atoms with E-state index in [1.54, 1.807) is 12.1 Å². The Morgan fingerprint density at radius 2 is 2.29 bits per heavy atom. The average molecular weight is 294 g/mol. The molecule has 1 fully saturated rings. The van der Waals surface area contributed by atoms with Crippen molar-refractivity contribution in [1.82, 2.24) is 10.2 Å². The molecule has 3 nitrogen and oxygen atoms in total. The summed E-state index contributed by atoms with van der Waals surface area (Å²) < 4.78 is 18.9. The maximum Gasteiger partial charge on any atom is 0.165 e. The lowest BCUT2D eigenvalue weighted by Gasteiger charge is -2.31. The monoisotopic (exact) mass is 294 g/mol. The third-order valence-electron chi connectivity index (χ3n) is 4.33. The highest BCUT2D eigenvalue weighted by atomic mass is 19.1. The summed E-state index contributed by atoms with van der Waals surface area (Å²) in [5, 5.41) is 3.55. The summed E-state index contributed by atoms with van der Waals surface area (Å²) >= 11 is 0. The van der Waals surface area contributed by atoms with Crippen LogP contribution in [0.4, 0.5) is 4.39 Å². The first-order valence-corrected chi connectivity index (χ1v) is 7.96. The molecule has 2 rings (SSSR count). The molecular weight excluding hydrogens is 267 g/mol. The van der Waals surface area contributed by atoms with Gasteiger partial charge in [-0.15, -0.1) is 0 Å². The topological polar surface area (TPSA) is 24.5 Å². The summed E-state index contributed by atoms with van der Waals surface area (Å²) in [6.07, 6.45) is 3.61. The van der Waals surface area contributed by atoms with Gasteiger partial charge in [-0.3, -0.25) is 4.90 Å². The first-order chi connectivity index (χ1) is 10.2. The Hall–Kier alpha value is -1.13. The smallest absolute Gasteiger partial charge is 0.165 e. The standard InChI is InChI=1S/C17H27FN2O/c1-4-10-20(12-15-6-5-9-19-15)13(2)14-7-8-17(21-3)16(18)11-14/h7-8,11,13,15,19H,4-6,9-10,12H2,1-3H3. The maximum absolute atomic E-state index is 13.9. The van der Waals surface area contributed by atoms with Crippen LogP contribution >= 0.6 is 0 Å². The SMILES string of the molecule is CCCN(CC1CCCN1)C(C)c1ccc(OC)c(F)c1. The van der Waals surface area contributed by atoms with Crippen molar-refractivity contribution in [2.75, 3.05) is 26.7 Å². The molecule has 0 spiro atoms. The third-order valence-corrected chi connectivity index (χ3v) is 4.33. The number of nitrogens with one attached hydrogen (secondary N) is 1. The molecule has 0 aromatic heterocycles. The largest absolute Gasteiger partial charge is 0.494 e. The van der Waals surface area contributed by atoms with Crippen molar-refractivity contribution in [1.29, 1.82) is 0 Å². The number of hydrogen-bond donors (Lipinski definition) is 1. The predicted molar refractivity (Wildman–Crippen MR) is 84.3 cm³/mol. The highest BCUT2D eigenvalue weighted by Gasteiger charge is 2.22. The van der Waals surface area contributed by atoms with E-state index in [1.165, 1.54) is 20.0 Å². The van der Waals surface area contributed by atoms with Crippen molar-refractivity contribution in [2.24, 2.45) is 0 Å². The second-order valence-corrected chi connectivity index (χ2v) is 5.86. The molecular formula is C17H27FN2O. The van der Waals surface area contributed by atoms with Gasteiger partial charge in [0.25, 0.3) is 0 Å². The molecule has 2 atom stereocenters. The number of rotatable bonds is 7. The van der Waals surface area contributed by atoms with Crippen LogP contribution in [-0.2, 0) is 0 Å². The van der Waals surface area contributed by atoms with Crippen molar-refractivity contribution in [2.45, 2.75) is 45.2 Å². The molecule has 1 aromatic rings. The minimum absolute atomic E-state index is 0.216. The Bertz CT molecular complexity index is 446. The highest BCUT2D eigenvalue weighted by molar-refractivity contribution is 5.30. The van der Waals surface area contributed by atoms with Gasteiger partial charge in [0.15, 0.2) is 11.6 Å². The molecule has 0 aliphatic carbocycles. The average Bonchev–Trinajstić information content (AvgIpc) is 2.99. The predicted octanol–water partition coefficient (Wildman–Crippen LogP) is 3.36. The van der Waals surface area contributed by atoms with Gasteiger partial charge in [0.1, 0.15) is 0 Å². The molecule has 1 aromatic carbocycles. The Morgan fingerprint density at radius 3 is 2.86 bits per heavy atom. The van der Waals surface area contributed by atoms with Crippen LogP contribution in [0.15, 0.2) is 18.2 Å².